The Morgan fingerprint density at radius 2 is 1.84 bits per heavy atom. The molecule has 3 N–H and O–H groups in total. The summed E-state index contributed by atoms with van der Waals surface area (Å²) in [5.41, 5.74) is 1.82. The number of nitrogens with one attached hydrogen (secondary N) is 2. The van der Waals surface area contributed by atoms with E-state index in [1.54, 1.807) is 6.92 Å². The summed E-state index contributed by atoms with van der Waals surface area (Å²) in [4.78, 5) is 36.1. The Balaban J connectivity index is 1.72. The zero-order valence-electron chi connectivity index (χ0n) is 18.0. The quantitative estimate of drug-likeness (QED) is 0.472. The zero-order valence-corrected chi connectivity index (χ0v) is 18.8. The molecule has 8 heteroatoms. The first kappa shape index (κ1) is 23.8. The van der Waals surface area contributed by atoms with E-state index < -0.39 is 28.9 Å². The van der Waals surface area contributed by atoms with Gasteiger partial charge in [-0.2, -0.15) is 0 Å². The molecule has 7 nitrogen and oxygen atoms in total. The maximum atomic E-state index is 13.0. The Kier molecular flexibility index (Phi) is 8.30. The van der Waals surface area contributed by atoms with Gasteiger partial charge in [0.25, 0.3) is 0 Å². The summed E-state index contributed by atoms with van der Waals surface area (Å²) in [5.74, 6) is -1.40. The highest BCUT2D eigenvalue weighted by atomic mass is 32.2. The smallest absolute Gasteiger partial charge is 0.323 e. The van der Waals surface area contributed by atoms with E-state index in [2.05, 4.69) is 10.6 Å². The minimum atomic E-state index is -1.05. The number of carbonyl (C=O) groups excluding carboxylic acids is 2. The van der Waals surface area contributed by atoms with Gasteiger partial charge in [0.1, 0.15) is 10.9 Å². The van der Waals surface area contributed by atoms with Gasteiger partial charge < -0.3 is 15.2 Å². The lowest BCUT2D eigenvalue weighted by atomic mass is 10.0. The predicted octanol–water partition coefficient (Wildman–Crippen LogP) is 2.70. The molecule has 1 fully saturated rings. The number of aryl methyl sites for hydroxylation is 1. The molecule has 0 saturated carbocycles. The summed E-state index contributed by atoms with van der Waals surface area (Å²) >= 11 is 1.36. The minimum Gasteiger partial charge on any atom is -0.481 e. The molecular weight excluding hydrogens is 428 g/mol. The SMILES string of the molecule is CCOC(=O)C(CCc1ccccc1)NC1CS[C@](CC(=O)O)(c2ccccc2)NC1=O. The van der Waals surface area contributed by atoms with E-state index in [-0.39, 0.29) is 18.9 Å². The lowest BCUT2D eigenvalue weighted by Gasteiger charge is -2.40. The van der Waals surface area contributed by atoms with Crippen molar-refractivity contribution in [1.82, 2.24) is 10.6 Å². The third kappa shape index (κ3) is 6.11. The number of esters is 1. The van der Waals surface area contributed by atoms with Crippen LogP contribution in [0.2, 0.25) is 0 Å². The average molecular weight is 457 g/mol. The van der Waals surface area contributed by atoms with Crippen molar-refractivity contribution >= 4 is 29.6 Å². The number of carboxylic acid groups (broad SMARTS) is 1. The number of aliphatic carboxylic acids is 1. The van der Waals surface area contributed by atoms with Crippen molar-refractivity contribution in [3.63, 3.8) is 0 Å². The van der Waals surface area contributed by atoms with Crippen LogP contribution in [-0.2, 0) is 30.4 Å². The molecule has 3 rings (SSSR count). The van der Waals surface area contributed by atoms with E-state index >= 15 is 0 Å². The fourth-order valence-electron chi connectivity index (χ4n) is 3.73. The largest absolute Gasteiger partial charge is 0.481 e. The van der Waals surface area contributed by atoms with Gasteiger partial charge in [-0.25, -0.2) is 0 Å². The van der Waals surface area contributed by atoms with Gasteiger partial charge in [-0.3, -0.25) is 19.7 Å². The highest BCUT2D eigenvalue weighted by Crippen LogP contribution is 2.40. The molecule has 0 radical (unpaired) electrons. The molecule has 1 saturated heterocycles. The maximum absolute atomic E-state index is 13.0. The third-order valence-corrected chi connectivity index (χ3v) is 6.79. The van der Waals surface area contributed by atoms with Crippen molar-refractivity contribution in [1.29, 1.82) is 0 Å². The van der Waals surface area contributed by atoms with Crippen molar-refractivity contribution in [2.75, 3.05) is 12.4 Å². The number of rotatable bonds is 10. The number of hydrogen-bond acceptors (Lipinski definition) is 6. The normalized spacial score (nSPS) is 21.4. The number of thioether (sulfide) groups is 1. The molecule has 0 bridgehead atoms. The Bertz CT molecular complexity index is 925. The average Bonchev–Trinajstić information content (AvgIpc) is 2.79. The van der Waals surface area contributed by atoms with Gasteiger partial charge in [-0.15, -0.1) is 11.8 Å². The first-order valence-corrected chi connectivity index (χ1v) is 11.6. The third-order valence-electron chi connectivity index (χ3n) is 5.32. The molecule has 1 aliphatic rings. The van der Waals surface area contributed by atoms with Crippen LogP contribution in [0.15, 0.2) is 60.7 Å². The predicted molar refractivity (Wildman–Crippen MR) is 123 cm³/mol. The van der Waals surface area contributed by atoms with Crippen LogP contribution in [0.1, 0.15) is 30.9 Å². The van der Waals surface area contributed by atoms with Crippen LogP contribution in [-0.4, -0.2) is 47.4 Å². The van der Waals surface area contributed by atoms with Gasteiger partial charge in [-0.1, -0.05) is 60.7 Å². The second-order valence-corrected chi connectivity index (χ2v) is 8.93. The Morgan fingerprint density at radius 3 is 2.44 bits per heavy atom. The van der Waals surface area contributed by atoms with Crippen molar-refractivity contribution in [2.24, 2.45) is 0 Å². The molecule has 170 valence electrons. The van der Waals surface area contributed by atoms with E-state index in [1.165, 1.54) is 11.8 Å². The van der Waals surface area contributed by atoms with Gasteiger partial charge in [0.2, 0.25) is 5.91 Å². The number of carboxylic acids is 1. The summed E-state index contributed by atoms with van der Waals surface area (Å²) in [6.45, 7) is 2.00. The van der Waals surface area contributed by atoms with Crippen molar-refractivity contribution in [3.8, 4) is 0 Å². The summed E-state index contributed by atoms with van der Waals surface area (Å²) in [5, 5.41) is 15.5. The van der Waals surface area contributed by atoms with Gasteiger partial charge in [0.05, 0.1) is 19.1 Å². The van der Waals surface area contributed by atoms with Crippen molar-refractivity contribution in [3.05, 3.63) is 71.8 Å². The van der Waals surface area contributed by atoms with E-state index in [1.807, 2.05) is 60.7 Å². The van der Waals surface area contributed by atoms with Crippen molar-refractivity contribution in [2.45, 2.75) is 43.1 Å². The first-order valence-electron chi connectivity index (χ1n) is 10.6. The maximum Gasteiger partial charge on any atom is 0.323 e. The second kappa shape index (κ2) is 11.2. The first-order chi connectivity index (χ1) is 15.4. The Morgan fingerprint density at radius 1 is 1.19 bits per heavy atom. The summed E-state index contributed by atoms with van der Waals surface area (Å²) < 4.78 is 5.21. The van der Waals surface area contributed by atoms with Crippen molar-refractivity contribution < 1.29 is 24.2 Å². The van der Waals surface area contributed by atoms with Gasteiger partial charge in [-0.05, 0) is 30.9 Å². The van der Waals surface area contributed by atoms with Gasteiger partial charge in [0, 0.05) is 5.75 Å². The topological polar surface area (TPSA) is 105 Å². The number of benzene rings is 2. The van der Waals surface area contributed by atoms with Crippen LogP contribution in [0.25, 0.3) is 0 Å². The molecule has 1 aliphatic heterocycles. The number of carbonyl (C=O) groups is 3. The molecule has 3 atom stereocenters. The Labute approximate surface area is 191 Å². The highest BCUT2D eigenvalue weighted by molar-refractivity contribution is 8.00. The van der Waals surface area contributed by atoms with Crippen LogP contribution >= 0.6 is 11.8 Å². The lowest BCUT2D eigenvalue weighted by molar-refractivity contribution is -0.146. The second-order valence-electron chi connectivity index (χ2n) is 7.61. The number of amides is 1. The fourth-order valence-corrected chi connectivity index (χ4v) is 5.13. The summed E-state index contributed by atoms with van der Waals surface area (Å²) in [6.07, 6.45) is 0.900. The monoisotopic (exact) mass is 456 g/mol. The molecule has 0 spiro atoms. The van der Waals surface area contributed by atoms with Gasteiger partial charge in [0.15, 0.2) is 0 Å². The molecule has 1 heterocycles. The summed E-state index contributed by atoms with van der Waals surface area (Å²) in [7, 11) is 0. The van der Waals surface area contributed by atoms with E-state index in [9.17, 15) is 19.5 Å². The standard InChI is InChI=1S/C24H28N2O5S/c1-2-31-23(30)19(14-13-17-9-5-3-6-10-17)25-20-16-32-24(15-21(27)28,26-22(20)29)18-11-7-4-8-12-18/h3-12,19-20,25H,2,13-16H2,1H3,(H,26,29)(H,27,28)/t19?,20?,24-/m1/s1. The molecule has 0 aliphatic carbocycles. The van der Waals surface area contributed by atoms with E-state index in [0.29, 0.717) is 18.6 Å². The highest BCUT2D eigenvalue weighted by Gasteiger charge is 2.44. The summed E-state index contributed by atoms with van der Waals surface area (Å²) in [6, 6.07) is 17.6. The van der Waals surface area contributed by atoms with E-state index in [4.69, 9.17) is 4.74 Å². The molecule has 0 aromatic heterocycles. The van der Waals surface area contributed by atoms with E-state index in [0.717, 1.165) is 11.1 Å². The minimum absolute atomic E-state index is 0.241. The zero-order chi connectivity index (χ0) is 23.0. The number of ether oxygens (including phenoxy) is 1. The lowest BCUT2D eigenvalue weighted by Crippen LogP contribution is -2.60. The molecule has 2 aromatic rings. The van der Waals surface area contributed by atoms with Crippen LogP contribution < -0.4 is 10.6 Å². The van der Waals surface area contributed by atoms with Gasteiger partial charge >= 0.3 is 11.9 Å². The van der Waals surface area contributed by atoms with Crippen LogP contribution in [0.3, 0.4) is 0 Å². The molecule has 2 unspecified atom stereocenters. The Hall–Kier alpha value is -2.84. The molecular formula is C24H28N2O5S. The van der Waals surface area contributed by atoms with Crippen LogP contribution in [0.5, 0.6) is 0 Å². The molecule has 32 heavy (non-hydrogen) atoms. The fraction of sp³-hybridized carbons (Fsp3) is 0.375. The van der Waals surface area contributed by atoms with Crippen LogP contribution in [0.4, 0.5) is 0 Å². The number of hydrogen-bond donors (Lipinski definition) is 3. The molecule has 1 amide bonds. The molecule has 2 aromatic carbocycles. The van der Waals surface area contributed by atoms with Crippen LogP contribution in [0, 0.1) is 0 Å².